The minimum atomic E-state index is 0.622. The van der Waals surface area contributed by atoms with Crippen LogP contribution >= 0.6 is 0 Å². The minimum absolute atomic E-state index is 0.622. The van der Waals surface area contributed by atoms with Crippen LogP contribution in [0, 0.1) is 11.3 Å². The third-order valence-corrected chi connectivity index (χ3v) is 2.70. The molecule has 3 aromatic rings. The summed E-state index contributed by atoms with van der Waals surface area (Å²) in [6.07, 6.45) is 1.85. The molecular formula is C14H9N3. The van der Waals surface area contributed by atoms with E-state index in [1.165, 1.54) is 0 Å². The molecule has 3 rings (SSSR count). The highest BCUT2D eigenvalue weighted by Crippen LogP contribution is 2.24. The monoisotopic (exact) mass is 219 g/mol. The van der Waals surface area contributed by atoms with Gasteiger partial charge in [-0.25, -0.2) is 4.52 Å². The van der Waals surface area contributed by atoms with E-state index in [2.05, 4.69) is 11.2 Å². The Hall–Kier alpha value is -2.60. The van der Waals surface area contributed by atoms with Crippen LogP contribution in [0.3, 0.4) is 0 Å². The Kier molecular flexibility index (Phi) is 2.13. The van der Waals surface area contributed by atoms with Gasteiger partial charge in [-0.1, -0.05) is 36.4 Å². The van der Waals surface area contributed by atoms with Gasteiger partial charge in [0.05, 0.1) is 5.52 Å². The number of nitrogens with zero attached hydrogens (tertiary/aromatic N) is 3. The van der Waals surface area contributed by atoms with E-state index in [0.29, 0.717) is 5.56 Å². The summed E-state index contributed by atoms with van der Waals surface area (Å²) in [4.78, 5) is 0. The molecule has 0 aliphatic rings. The number of aromatic nitrogens is 2. The number of hydrogen-bond donors (Lipinski definition) is 0. The molecule has 0 atom stereocenters. The molecule has 3 nitrogen and oxygen atoms in total. The summed E-state index contributed by atoms with van der Waals surface area (Å²) in [5.74, 6) is 0. The van der Waals surface area contributed by atoms with Gasteiger partial charge in [0.15, 0.2) is 0 Å². The first-order valence-electron chi connectivity index (χ1n) is 5.33. The molecule has 0 N–H and O–H groups in total. The SMILES string of the molecule is N#Cc1c(-c2ccccc2)nn2ccccc12. The molecule has 0 saturated heterocycles. The van der Waals surface area contributed by atoms with Gasteiger partial charge in [0, 0.05) is 11.8 Å². The number of hydrogen-bond acceptors (Lipinski definition) is 2. The molecule has 0 aliphatic carbocycles. The van der Waals surface area contributed by atoms with E-state index in [9.17, 15) is 5.26 Å². The molecule has 80 valence electrons. The third-order valence-electron chi connectivity index (χ3n) is 2.70. The zero-order valence-electron chi connectivity index (χ0n) is 9.04. The van der Waals surface area contributed by atoms with Crippen molar-refractivity contribution < 1.29 is 0 Å². The van der Waals surface area contributed by atoms with Crippen molar-refractivity contribution in [1.29, 1.82) is 5.26 Å². The highest BCUT2D eigenvalue weighted by atomic mass is 15.2. The van der Waals surface area contributed by atoms with E-state index in [-0.39, 0.29) is 0 Å². The van der Waals surface area contributed by atoms with Gasteiger partial charge < -0.3 is 0 Å². The predicted octanol–water partition coefficient (Wildman–Crippen LogP) is 2.87. The zero-order chi connectivity index (χ0) is 11.7. The van der Waals surface area contributed by atoms with Gasteiger partial charge >= 0.3 is 0 Å². The topological polar surface area (TPSA) is 41.1 Å². The van der Waals surface area contributed by atoms with Gasteiger partial charge in [-0.15, -0.1) is 0 Å². The van der Waals surface area contributed by atoms with Gasteiger partial charge in [-0.05, 0) is 12.1 Å². The van der Waals surface area contributed by atoms with Crippen LogP contribution in [-0.2, 0) is 0 Å². The van der Waals surface area contributed by atoms with Crippen molar-refractivity contribution in [3.05, 3.63) is 60.3 Å². The minimum Gasteiger partial charge on any atom is -0.239 e. The van der Waals surface area contributed by atoms with Crippen molar-refractivity contribution in [3.63, 3.8) is 0 Å². The van der Waals surface area contributed by atoms with Crippen molar-refractivity contribution in [1.82, 2.24) is 9.61 Å². The smallest absolute Gasteiger partial charge is 0.111 e. The molecular weight excluding hydrogens is 210 g/mol. The summed E-state index contributed by atoms with van der Waals surface area (Å²) in [6.45, 7) is 0. The van der Waals surface area contributed by atoms with Crippen LogP contribution in [0.1, 0.15) is 5.56 Å². The Balaban J connectivity index is 2.35. The molecule has 1 aromatic carbocycles. The highest BCUT2D eigenvalue weighted by Gasteiger charge is 2.12. The summed E-state index contributed by atoms with van der Waals surface area (Å²) < 4.78 is 1.74. The number of fused-ring (bicyclic) bond motifs is 1. The molecule has 0 unspecified atom stereocenters. The number of pyridine rings is 1. The average molecular weight is 219 g/mol. The van der Waals surface area contributed by atoms with E-state index < -0.39 is 0 Å². The van der Waals surface area contributed by atoms with E-state index in [0.717, 1.165) is 16.8 Å². The molecule has 17 heavy (non-hydrogen) atoms. The van der Waals surface area contributed by atoms with Crippen molar-refractivity contribution in [2.24, 2.45) is 0 Å². The second-order valence-corrected chi connectivity index (χ2v) is 3.73. The summed E-state index contributed by atoms with van der Waals surface area (Å²) in [6, 6.07) is 17.7. The average Bonchev–Trinajstić information content (AvgIpc) is 2.78. The first-order valence-corrected chi connectivity index (χ1v) is 5.33. The second-order valence-electron chi connectivity index (χ2n) is 3.73. The fourth-order valence-electron chi connectivity index (χ4n) is 1.91. The Labute approximate surface area is 98.6 Å². The number of rotatable bonds is 1. The lowest BCUT2D eigenvalue weighted by atomic mass is 10.1. The highest BCUT2D eigenvalue weighted by molar-refractivity contribution is 5.76. The van der Waals surface area contributed by atoms with Crippen LogP contribution in [0.4, 0.5) is 0 Å². The molecule has 0 fully saturated rings. The third kappa shape index (κ3) is 1.47. The largest absolute Gasteiger partial charge is 0.239 e. The van der Waals surface area contributed by atoms with Crippen molar-refractivity contribution in [2.45, 2.75) is 0 Å². The standard InChI is InChI=1S/C14H9N3/c15-10-12-13-8-4-5-9-17(13)16-14(12)11-6-2-1-3-7-11/h1-9H. The van der Waals surface area contributed by atoms with Crippen LogP contribution in [0.5, 0.6) is 0 Å². The number of nitriles is 1. The summed E-state index contributed by atoms with van der Waals surface area (Å²) >= 11 is 0. The Morgan fingerprint density at radius 3 is 2.53 bits per heavy atom. The molecule has 0 radical (unpaired) electrons. The van der Waals surface area contributed by atoms with Crippen LogP contribution in [-0.4, -0.2) is 9.61 Å². The first kappa shape index (κ1) is 9.61. The maximum Gasteiger partial charge on any atom is 0.111 e. The van der Waals surface area contributed by atoms with Gasteiger partial charge in [-0.3, -0.25) is 0 Å². The van der Waals surface area contributed by atoms with Gasteiger partial charge in [-0.2, -0.15) is 10.4 Å². The van der Waals surface area contributed by atoms with Gasteiger partial charge in [0.1, 0.15) is 17.3 Å². The van der Waals surface area contributed by atoms with Gasteiger partial charge in [0.25, 0.3) is 0 Å². The van der Waals surface area contributed by atoms with Gasteiger partial charge in [0.2, 0.25) is 0 Å². The molecule has 2 heterocycles. The van der Waals surface area contributed by atoms with E-state index >= 15 is 0 Å². The van der Waals surface area contributed by atoms with Crippen molar-refractivity contribution in [2.75, 3.05) is 0 Å². The predicted molar refractivity (Wildman–Crippen MR) is 65.3 cm³/mol. The second kappa shape index (κ2) is 3.76. The fraction of sp³-hybridized carbons (Fsp3) is 0. The molecule has 0 saturated carbocycles. The lowest BCUT2D eigenvalue weighted by molar-refractivity contribution is 0.966. The van der Waals surface area contributed by atoms with E-state index in [4.69, 9.17) is 0 Å². The van der Waals surface area contributed by atoms with E-state index in [1.807, 2.05) is 54.7 Å². The van der Waals surface area contributed by atoms with Crippen LogP contribution in [0.2, 0.25) is 0 Å². The summed E-state index contributed by atoms with van der Waals surface area (Å²) in [5.41, 5.74) is 3.16. The maximum absolute atomic E-state index is 9.26. The maximum atomic E-state index is 9.26. The Morgan fingerprint density at radius 2 is 1.76 bits per heavy atom. The molecule has 0 aliphatic heterocycles. The lowest BCUT2D eigenvalue weighted by Gasteiger charge is -1.94. The Bertz CT molecular complexity index is 705. The quantitative estimate of drug-likeness (QED) is 0.631. The Morgan fingerprint density at radius 1 is 1.00 bits per heavy atom. The molecule has 2 aromatic heterocycles. The van der Waals surface area contributed by atoms with Crippen LogP contribution < -0.4 is 0 Å². The summed E-state index contributed by atoms with van der Waals surface area (Å²) in [7, 11) is 0. The van der Waals surface area contributed by atoms with E-state index in [1.54, 1.807) is 4.52 Å². The van der Waals surface area contributed by atoms with Crippen molar-refractivity contribution in [3.8, 4) is 17.3 Å². The van der Waals surface area contributed by atoms with Crippen molar-refractivity contribution >= 4 is 5.52 Å². The first-order chi connectivity index (χ1) is 8.40. The molecule has 3 heteroatoms. The molecule has 0 amide bonds. The number of benzene rings is 1. The summed E-state index contributed by atoms with van der Waals surface area (Å²) in [5, 5.41) is 13.7. The molecule has 0 spiro atoms. The normalized spacial score (nSPS) is 10.3. The fourth-order valence-corrected chi connectivity index (χ4v) is 1.91. The van der Waals surface area contributed by atoms with Crippen LogP contribution in [0.25, 0.3) is 16.8 Å². The lowest BCUT2D eigenvalue weighted by Crippen LogP contribution is -1.84. The van der Waals surface area contributed by atoms with Crippen LogP contribution in [0.15, 0.2) is 54.7 Å². The zero-order valence-corrected chi connectivity index (χ0v) is 9.04. The molecule has 0 bridgehead atoms.